The Kier molecular flexibility index (Phi) is 3.63. The average Bonchev–Trinajstić information content (AvgIpc) is 2.07. The summed E-state index contributed by atoms with van der Waals surface area (Å²) in [4.78, 5) is 10.7. The number of carbonyl (C=O) groups is 1. The molecule has 1 aromatic rings. The van der Waals surface area contributed by atoms with Gasteiger partial charge < -0.3 is 5.11 Å². The Morgan fingerprint density at radius 2 is 1.93 bits per heavy atom. The first-order chi connectivity index (χ1) is 6.83. The maximum absolute atomic E-state index is 10.7. The highest BCUT2D eigenvalue weighted by Crippen LogP contribution is 2.31. The summed E-state index contributed by atoms with van der Waals surface area (Å²) in [7, 11) is 0. The Morgan fingerprint density at radius 1 is 1.33 bits per heavy atom. The molecule has 0 aliphatic heterocycles. The van der Waals surface area contributed by atoms with Gasteiger partial charge >= 0.3 is 5.97 Å². The molecule has 0 saturated heterocycles. The van der Waals surface area contributed by atoms with E-state index in [1.807, 2.05) is 13.8 Å². The standard InChI is InChI=1S/C11H12Cl2O2/c1-11(2,6-10(14)15)7-3-4-8(12)9(13)5-7/h3-5H,6H2,1-2H3,(H,14,15). The first-order valence-corrected chi connectivity index (χ1v) is 5.26. The lowest BCUT2D eigenvalue weighted by Crippen LogP contribution is -2.21. The largest absolute Gasteiger partial charge is 0.481 e. The second-order valence-electron chi connectivity index (χ2n) is 4.08. The van der Waals surface area contributed by atoms with Gasteiger partial charge in [-0.15, -0.1) is 0 Å². The van der Waals surface area contributed by atoms with Gasteiger partial charge in [0.05, 0.1) is 16.5 Å². The SMILES string of the molecule is CC(C)(CC(=O)O)c1ccc(Cl)c(Cl)c1. The fourth-order valence-electron chi connectivity index (χ4n) is 1.40. The van der Waals surface area contributed by atoms with Crippen molar-refractivity contribution in [1.29, 1.82) is 0 Å². The van der Waals surface area contributed by atoms with E-state index in [4.69, 9.17) is 28.3 Å². The van der Waals surface area contributed by atoms with Crippen LogP contribution in [-0.4, -0.2) is 11.1 Å². The summed E-state index contributed by atoms with van der Waals surface area (Å²) in [5.41, 5.74) is 0.430. The molecule has 2 nitrogen and oxygen atoms in total. The molecule has 0 heterocycles. The normalized spacial score (nSPS) is 11.5. The minimum absolute atomic E-state index is 0.0605. The van der Waals surface area contributed by atoms with Crippen LogP contribution in [0.2, 0.25) is 10.0 Å². The lowest BCUT2D eigenvalue weighted by Gasteiger charge is -2.23. The van der Waals surface area contributed by atoms with Gasteiger partial charge in [-0.2, -0.15) is 0 Å². The number of rotatable bonds is 3. The van der Waals surface area contributed by atoms with Crippen molar-refractivity contribution in [3.8, 4) is 0 Å². The monoisotopic (exact) mass is 246 g/mol. The zero-order valence-corrected chi connectivity index (χ0v) is 10.1. The van der Waals surface area contributed by atoms with Gasteiger partial charge in [0.1, 0.15) is 0 Å². The summed E-state index contributed by atoms with van der Waals surface area (Å²) < 4.78 is 0. The summed E-state index contributed by atoms with van der Waals surface area (Å²) in [5.74, 6) is -0.828. The Morgan fingerprint density at radius 3 is 2.40 bits per heavy atom. The van der Waals surface area contributed by atoms with Crippen molar-refractivity contribution >= 4 is 29.2 Å². The second kappa shape index (κ2) is 4.42. The van der Waals surface area contributed by atoms with E-state index < -0.39 is 11.4 Å². The van der Waals surface area contributed by atoms with Crippen molar-refractivity contribution in [2.45, 2.75) is 25.7 Å². The summed E-state index contributed by atoms with van der Waals surface area (Å²) in [5, 5.41) is 9.71. The maximum atomic E-state index is 10.7. The lowest BCUT2D eigenvalue weighted by molar-refractivity contribution is -0.138. The molecule has 4 heteroatoms. The van der Waals surface area contributed by atoms with Crippen LogP contribution in [0.25, 0.3) is 0 Å². The summed E-state index contributed by atoms with van der Waals surface area (Å²) in [6.45, 7) is 3.72. The van der Waals surface area contributed by atoms with Crippen molar-refractivity contribution in [2.24, 2.45) is 0 Å². The highest BCUT2D eigenvalue weighted by atomic mass is 35.5. The Balaban J connectivity index is 3.04. The number of carboxylic acids is 1. The van der Waals surface area contributed by atoms with Crippen LogP contribution in [-0.2, 0) is 10.2 Å². The van der Waals surface area contributed by atoms with E-state index in [0.717, 1.165) is 5.56 Å². The maximum Gasteiger partial charge on any atom is 0.304 e. The van der Waals surface area contributed by atoms with Gasteiger partial charge in [0.25, 0.3) is 0 Å². The fourth-order valence-corrected chi connectivity index (χ4v) is 1.70. The van der Waals surface area contributed by atoms with E-state index in [-0.39, 0.29) is 6.42 Å². The van der Waals surface area contributed by atoms with Gasteiger partial charge in [-0.25, -0.2) is 0 Å². The minimum Gasteiger partial charge on any atom is -0.481 e. The molecule has 1 N–H and O–H groups in total. The first-order valence-electron chi connectivity index (χ1n) is 4.50. The van der Waals surface area contributed by atoms with Crippen molar-refractivity contribution in [1.82, 2.24) is 0 Å². The minimum atomic E-state index is -0.828. The molecule has 0 saturated carbocycles. The van der Waals surface area contributed by atoms with E-state index in [1.54, 1.807) is 18.2 Å². The summed E-state index contributed by atoms with van der Waals surface area (Å²) in [6.07, 6.45) is 0.0605. The molecular weight excluding hydrogens is 235 g/mol. The zero-order chi connectivity index (χ0) is 11.6. The Hall–Kier alpha value is -0.730. The molecule has 0 fully saturated rings. The van der Waals surface area contributed by atoms with Crippen LogP contribution < -0.4 is 0 Å². The number of carboxylic acid groups (broad SMARTS) is 1. The van der Waals surface area contributed by atoms with Crippen molar-refractivity contribution < 1.29 is 9.90 Å². The van der Waals surface area contributed by atoms with E-state index in [1.165, 1.54) is 0 Å². The van der Waals surface area contributed by atoms with Crippen molar-refractivity contribution in [3.63, 3.8) is 0 Å². The van der Waals surface area contributed by atoms with Gasteiger partial charge in [-0.05, 0) is 17.7 Å². The van der Waals surface area contributed by atoms with Gasteiger partial charge in [-0.3, -0.25) is 4.79 Å². The van der Waals surface area contributed by atoms with E-state index in [2.05, 4.69) is 0 Å². The van der Waals surface area contributed by atoms with Crippen LogP contribution in [0.15, 0.2) is 18.2 Å². The van der Waals surface area contributed by atoms with Crippen molar-refractivity contribution in [2.75, 3.05) is 0 Å². The molecular formula is C11H12Cl2O2. The Labute approximate surface area is 98.8 Å². The number of aliphatic carboxylic acids is 1. The average molecular weight is 247 g/mol. The van der Waals surface area contributed by atoms with Gasteiger partial charge in [0.15, 0.2) is 0 Å². The topological polar surface area (TPSA) is 37.3 Å². The third-order valence-electron chi connectivity index (χ3n) is 2.29. The zero-order valence-electron chi connectivity index (χ0n) is 8.55. The van der Waals surface area contributed by atoms with Crippen LogP contribution in [0.4, 0.5) is 0 Å². The summed E-state index contributed by atoms with van der Waals surface area (Å²) >= 11 is 11.7. The molecule has 15 heavy (non-hydrogen) atoms. The number of halogens is 2. The summed E-state index contributed by atoms with van der Waals surface area (Å²) in [6, 6.07) is 5.20. The molecule has 0 aliphatic carbocycles. The lowest BCUT2D eigenvalue weighted by atomic mass is 9.82. The third-order valence-corrected chi connectivity index (χ3v) is 3.03. The smallest absolute Gasteiger partial charge is 0.304 e. The molecule has 0 bridgehead atoms. The molecule has 0 aromatic heterocycles. The number of hydrogen-bond acceptors (Lipinski definition) is 1. The number of benzene rings is 1. The van der Waals surface area contributed by atoms with Gasteiger partial charge in [-0.1, -0.05) is 43.1 Å². The van der Waals surface area contributed by atoms with Gasteiger partial charge in [0.2, 0.25) is 0 Å². The van der Waals surface area contributed by atoms with Crippen LogP contribution in [0.5, 0.6) is 0 Å². The fraction of sp³-hybridized carbons (Fsp3) is 0.364. The predicted octanol–water partition coefficient (Wildman–Crippen LogP) is 3.75. The number of hydrogen-bond donors (Lipinski definition) is 1. The van der Waals surface area contributed by atoms with Crippen LogP contribution in [0.1, 0.15) is 25.8 Å². The molecule has 0 unspecified atom stereocenters. The van der Waals surface area contributed by atoms with Crippen LogP contribution >= 0.6 is 23.2 Å². The second-order valence-corrected chi connectivity index (χ2v) is 4.90. The molecule has 0 spiro atoms. The highest BCUT2D eigenvalue weighted by molar-refractivity contribution is 6.42. The molecule has 0 atom stereocenters. The first kappa shape index (κ1) is 12.3. The molecule has 82 valence electrons. The molecule has 1 aromatic carbocycles. The quantitative estimate of drug-likeness (QED) is 0.883. The van der Waals surface area contributed by atoms with Crippen LogP contribution in [0.3, 0.4) is 0 Å². The van der Waals surface area contributed by atoms with E-state index >= 15 is 0 Å². The van der Waals surface area contributed by atoms with Crippen molar-refractivity contribution in [3.05, 3.63) is 33.8 Å². The predicted molar refractivity (Wildman–Crippen MR) is 61.7 cm³/mol. The molecule has 0 aliphatic rings. The Bertz CT molecular complexity index is 386. The molecule has 0 amide bonds. The van der Waals surface area contributed by atoms with E-state index in [9.17, 15) is 4.79 Å². The van der Waals surface area contributed by atoms with E-state index in [0.29, 0.717) is 10.0 Å². The third kappa shape index (κ3) is 3.11. The molecule has 1 rings (SSSR count). The van der Waals surface area contributed by atoms with Crippen LogP contribution in [0, 0.1) is 0 Å². The van der Waals surface area contributed by atoms with Gasteiger partial charge in [0, 0.05) is 5.41 Å². The highest BCUT2D eigenvalue weighted by Gasteiger charge is 2.24. The molecule has 0 radical (unpaired) electrons.